The molecule has 0 spiro atoms. The largest absolute Gasteiger partial charge is 0.334 e. The van der Waals surface area contributed by atoms with Gasteiger partial charge in [-0.05, 0) is 23.3 Å². The van der Waals surface area contributed by atoms with E-state index in [2.05, 4.69) is 26.6 Å². The lowest BCUT2D eigenvalue weighted by Crippen LogP contribution is -2.28. The average Bonchev–Trinajstić information content (AvgIpc) is 2.62. The third kappa shape index (κ3) is 4.03. The van der Waals surface area contributed by atoms with E-state index in [-0.39, 0.29) is 6.03 Å². The second kappa shape index (κ2) is 7.79. The molecular weight excluding hydrogens is 364 g/mol. The molecule has 3 aromatic rings. The van der Waals surface area contributed by atoms with Crippen molar-refractivity contribution >= 4 is 27.6 Å². The van der Waals surface area contributed by atoms with Gasteiger partial charge in [-0.25, -0.2) is 4.79 Å². The van der Waals surface area contributed by atoms with Gasteiger partial charge in [0.25, 0.3) is 0 Å². The molecular formula is C20H17BrN2O. The molecule has 0 saturated heterocycles. The van der Waals surface area contributed by atoms with Gasteiger partial charge in [-0.15, -0.1) is 0 Å². The second-order valence-electron chi connectivity index (χ2n) is 5.31. The molecule has 4 heteroatoms. The van der Waals surface area contributed by atoms with E-state index in [0.29, 0.717) is 6.54 Å². The predicted molar refractivity (Wildman–Crippen MR) is 102 cm³/mol. The van der Waals surface area contributed by atoms with Gasteiger partial charge >= 0.3 is 6.03 Å². The normalized spacial score (nSPS) is 10.2. The zero-order valence-corrected chi connectivity index (χ0v) is 14.6. The number of para-hydroxylation sites is 1. The summed E-state index contributed by atoms with van der Waals surface area (Å²) < 4.78 is 0.981. The molecule has 2 N–H and O–H groups in total. The molecule has 0 bridgehead atoms. The van der Waals surface area contributed by atoms with Crippen LogP contribution in [0, 0.1) is 0 Å². The Morgan fingerprint density at radius 1 is 0.833 bits per heavy atom. The number of hydrogen-bond donors (Lipinski definition) is 2. The van der Waals surface area contributed by atoms with Crippen molar-refractivity contribution in [2.24, 2.45) is 0 Å². The van der Waals surface area contributed by atoms with Gasteiger partial charge in [-0.2, -0.15) is 0 Å². The van der Waals surface area contributed by atoms with E-state index in [9.17, 15) is 4.79 Å². The standard InChI is InChI=1S/C20H17BrN2O/c21-18-12-6-4-10-16(18)14-22-20(24)23-19-13-7-5-11-17(19)15-8-2-1-3-9-15/h1-13H,14H2,(H2,22,23,24). The van der Waals surface area contributed by atoms with Crippen LogP contribution in [0.3, 0.4) is 0 Å². The number of carbonyl (C=O) groups is 1. The van der Waals surface area contributed by atoms with E-state index in [1.807, 2.05) is 78.9 Å². The Bertz CT molecular complexity index is 834. The number of halogens is 1. The molecule has 2 amide bonds. The Labute approximate surface area is 149 Å². The predicted octanol–water partition coefficient (Wildman–Crippen LogP) is 5.44. The molecule has 0 radical (unpaired) electrons. The van der Waals surface area contributed by atoms with Crippen LogP contribution >= 0.6 is 15.9 Å². The van der Waals surface area contributed by atoms with Gasteiger partial charge in [0, 0.05) is 16.6 Å². The first kappa shape index (κ1) is 16.3. The highest BCUT2D eigenvalue weighted by Crippen LogP contribution is 2.27. The number of rotatable bonds is 4. The average molecular weight is 381 g/mol. The minimum atomic E-state index is -0.228. The van der Waals surface area contributed by atoms with Crippen molar-refractivity contribution in [3.8, 4) is 11.1 Å². The van der Waals surface area contributed by atoms with Crippen LogP contribution in [0.25, 0.3) is 11.1 Å². The maximum Gasteiger partial charge on any atom is 0.319 e. The first-order valence-electron chi connectivity index (χ1n) is 7.67. The van der Waals surface area contributed by atoms with Crippen LogP contribution in [0.2, 0.25) is 0 Å². The van der Waals surface area contributed by atoms with Crippen LogP contribution in [0.15, 0.2) is 83.3 Å². The summed E-state index contributed by atoms with van der Waals surface area (Å²) in [6.07, 6.45) is 0. The molecule has 0 heterocycles. The molecule has 24 heavy (non-hydrogen) atoms. The van der Waals surface area contributed by atoms with Gasteiger partial charge in [0.05, 0.1) is 5.69 Å². The molecule has 3 aromatic carbocycles. The molecule has 0 aliphatic heterocycles. The van der Waals surface area contributed by atoms with Crippen molar-refractivity contribution in [3.63, 3.8) is 0 Å². The summed E-state index contributed by atoms with van der Waals surface area (Å²) in [7, 11) is 0. The van der Waals surface area contributed by atoms with Gasteiger partial charge < -0.3 is 10.6 Å². The third-order valence-corrected chi connectivity index (χ3v) is 4.43. The lowest BCUT2D eigenvalue weighted by atomic mass is 10.0. The number of carbonyl (C=O) groups excluding carboxylic acids is 1. The van der Waals surface area contributed by atoms with Crippen LogP contribution in [0.1, 0.15) is 5.56 Å². The zero-order chi connectivity index (χ0) is 16.8. The monoisotopic (exact) mass is 380 g/mol. The Balaban J connectivity index is 1.70. The molecule has 0 saturated carbocycles. The fourth-order valence-electron chi connectivity index (χ4n) is 2.45. The zero-order valence-electron chi connectivity index (χ0n) is 13.0. The summed E-state index contributed by atoms with van der Waals surface area (Å²) in [4.78, 5) is 12.2. The highest BCUT2D eigenvalue weighted by Gasteiger charge is 2.08. The van der Waals surface area contributed by atoms with Crippen molar-refractivity contribution in [2.75, 3.05) is 5.32 Å². The fraction of sp³-hybridized carbons (Fsp3) is 0.0500. The third-order valence-electron chi connectivity index (χ3n) is 3.66. The second-order valence-corrected chi connectivity index (χ2v) is 6.17. The number of amides is 2. The van der Waals surface area contributed by atoms with Crippen LogP contribution in [-0.2, 0) is 6.54 Å². The Morgan fingerprint density at radius 3 is 2.29 bits per heavy atom. The molecule has 0 aliphatic carbocycles. The minimum Gasteiger partial charge on any atom is -0.334 e. The van der Waals surface area contributed by atoms with Crippen LogP contribution in [0.5, 0.6) is 0 Å². The molecule has 3 rings (SSSR count). The molecule has 0 fully saturated rings. The number of benzene rings is 3. The van der Waals surface area contributed by atoms with E-state index in [4.69, 9.17) is 0 Å². The number of urea groups is 1. The van der Waals surface area contributed by atoms with Crippen LogP contribution in [-0.4, -0.2) is 6.03 Å². The summed E-state index contributed by atoms with van der Waals surface area (Å²) in [5.41, 5.74) is 3.88. The maximum atomic E-state index is 12.2. The van der Waals surface area contributed by atoms with Gasteiger partial charge in [0.2, 0.25) is 0 Å². The Kier molecular flexibility index (Phi) is 5.29. The summed E-state index contributed by atoms with van der Waals surface area (Å²) in [6, 6.07) is 25.4. The Morgan fingerprint density at radius 2 is 1.50 bits per heavy atom. The van der Waals surface area contributed by atoms with Crippen molar-refractivity contribution in [2.45, 2.75) is 6.54 Å². The number of anilines is 1. The van der Waals surface area contributed by atoms with E-state index < -0.39 is 0 Å². The minimum absolute atomic E-state index is 0.228. The van der Waals surface area contributed by atoms with Crippen molar-refractivity contribution in [3.05, 3.63) is 88.9 Å². The van der Waals surface area contributed by atoms with Crippen molar-refractivity contribution < 1.29 is 4.79 Å². The molecule has 0 aromatic heterocycles. The molecule has 0 unspecified atom stereocenters. The maximum absolute atomic E-state index is 12.2. The van der Waals surface area contributed by atoms with Gasteiger partial charge in [0.1, 0.15) is 0 Å². The summed E-state index contributed by atoms with van der Waals surface area (Å²) in [5.74, 6) is 0. The summed E-state index contributed by atoms with van der Waals surface area (Å²) in [6.45, 7) is 0.459. The molecule has 0 atom stereocenters. The quantitative estimate of drug-likeness (QED) is 0.621. The highest BCUT2D eigenvalue weighted by molar-refractivity contribution is 9.10. The topological polar surface area (TPSA) is 41.1 Å². The van der Waals surface area contributed by atoms with E-state index in [1.165, 1.54) is 0 Å². The number of hydrogen-bond acceptors (Lipinski definition) is 1. The first-order valence-corrected chi connectivity index (χ1v) is 8.46. The Hall–Kier alpha value is -2.59. The van der Waals surface area contributed by atoms with E-state index >= 15 is 0 Å². The molecule has 0 aliphatic rings. The highest BCUT2D eigenvalue weighted by atomic mass is 79.9. The van der Waals surface area contributed by atoms with Crippen LogP contribution in [0.4, 0.5) is 10.5 Å². The van der Waals surface area contributed by atoms with Gasteiger partial charge in [-0.1, -0.05) is 82.7 Å². The SMILES string of the molecule is O=C(NCc1ccccc1Br)Nc1ccccc1-c1ccccc1. The lowest BCUT2D eigenvalue weighted by Gasteiger charge is -2.12. The first-order chi connectivity index (χ1) is 11.7. The van der Waals surface area contributed by atoms with E-state index in [1.54, 1.807) is 0 Å². The summed E-state index contributed by atoms with van der Waals surface area (Å²) in [5, 5.41) is 5.82. The van der Waals surface area contributed by atoms with Crippen molar-refractivity contribution in [1.29, 1.82) is 0 Å². The van der Waals surface area contributed by atoms with Crippen LogP contribution < -0.4 is 10.6 Å². The van der Waals surface area contributed by atoms with Gasteiger partial charge in [0.15, 0.2) is 0 Å². The van der Waals surface area contributed by atoms with Gasteiger partial charge in [-0.3, -0.25) is 0 Å². The number of nitrogens with one attached hydrogen (secondary N) is 2. The molecule has 3 nitrogen and oxygen atoms in total. The molecule has 120 valence electrons. The lowest BCUT2D eigenvalue weighted by molar-refractivity contribution is 0.251. The summed E-state index contributed by atoms with van der Waals surface area (Å²) >= 11 is 3.48. The smallest absolute Gasteiger partial charge is 0.319 e. The fourth-order valence-corrected chi connectivity index (χ4v) is 2.87. The van der Waals surface area contributed by atoms with Crippen molar-refractivity contribution in [1.82, 2.24) is 5.32 Å². The van der Waals surface area contributed by atoms with E-state index in [0.717, 1.165) is 26.9 Å².